The summed E-state index contributed by atoms with van der Waals surface area (Å²) in [5, 5.41) is 6.75. The number of rotatable bonds is 9. The van der Waals surface area contributed by atoms with Gasteiger partial charge < -0.3 is 20.1 Å². The van der Waals surface area contributed by atoms with Crippen LogP contribution in [-0.4, -0.2) is 51.5 Å². The number of hydrogen-bond acceptors (Lipinski definition) is 3. The van der Waals surface area contributed by atoms with Crippen LogP contribution in [0.1, 0.15) is 45.6 Å². The predicted octanol–water partition coefficient (Wildman–Crippen LogP) is 3.11. The van der Waals surface area contributed by atoms with Crippen LogP contribution >= 0.6 is 0 Å². The van der Waals surface area contributed by atoms with E-state index in [1.54, 1.807) is 0 Å². The van der Waals surface area contributed by atoms with Crippen molar-refractivity contribution in [1.82, 2.24) is 10.6 Å². The topological polar surface area (TPSA) is 54.9 Å². The first-order valence-electron chi connectivity index (χ1n) is 9.89. The van der Waals surface area contributed by atoms with E-state index in [4.69, 9.17) is 14.5 Å². The highest BCUT2D eigenvalue weighted by atomic mass is 16.5. The molecule has 2 N–H and O–H groups in total. The molecule has 5 nitrogen and oxygen atoms in total. The standard InChI is InChI=1S/C21H35N3O2/c1-4-22-20(23-13-8-14-26-19-11-15-25-16-12-19)24-17-21(2,3)18-9-6-5-7-10-18/h5-7,9-10,19H,4,8,11-17H2,1-3H3,(H2,22,23,24). The second kappa shape index (κ2) is 11.2. The highest BCUT2D eigenvalue weighted by Gasteiger charge is 2.20. The van der Waals surface area contributed by atoms with Crippen LogP contribution in [-0.2, 0) is 14.9 Å². The van der Waals surface area contributed by atoms with E-state index in [1.165, 1.54) is 5.56 Å². The van der Waals surface area contributed by atoms with E-state index in [0.717, 1.165) is 64.7 Å². The fraction of sp³-hybridized carbons (Fsp3) is 0.667. The molecule has 1 aliphatic heterocycles. The highest BCUT2D eigenvalue weighted by molar-refractivity contribution is 5.79. The number of aliphatic imine (C=N–C) groups is 1. The van der Waals surface area contributed by atoms with Gasteiger partial charge in [-0.3, -0.25) is 4.99 Å². The summed E-state index contributed by atoms with van der Waals surface area (Å²) in [5.41, 5.74) is 1.32. The third-order valence-corrected chi connectivity index (χ3v) is 4.67. The molecule has 0 atom stereocenters. The van der Waals surface area contributed by atoms with Gasteiger partial charge in [0.25, 0.3) is 0 Å². The summed E-state index contributed by atoms with van der Waals surface area (Å²) >= 11 is 0. The molecule has 26 heavy (non-hydrogen) atoms. The van der Waals surface area contributed by atoms with Gasteiger partial charge in [-0.1, -0.05) is 44.2 Å². The molecule has 0 saturated carbocycles. The summed E-state index contributed by atoms with van der Waals surface area (Å²) in [6, 6.07) is 10.6. The van der Waals surface area contributed by atoms with Crippen molar-refractivity contribution in [1.29, 1.82) is 0 Å². The van der Waals surface area contributed by atoms with Crippen molar-refractivity contribution in [3.05, 3.63) is 35.9 Å². The summed E-state index contributed by atoms with van der Waals surface area (Å²) in [7, 11) is 0. The maximum absolute atomic E-state index is 5.92. The van der Waals surface area contributed by atoms with Crippen LogP contribution < -0.4 is 10.6 Å². The molecule has 0 unspecified atom stereocenters. The predicted molar refractivity (Wildman–Crippen MR) is 108 cm³/mol. The largest absolute Gasteiger partial charge is 0.381 e. The summed E-state index contributed by atoms with van der Waals surface area (Å²) in [5.74, 6) is 0.877. The Morgan fingerprint density at radius 1 is 1.19 bits per heavy atom. The smallest absolute Gasteiger partial charge is 0.191 e. The van der Waals surface area contributed by atoms with E-state index >= 15 is 0 Å². The van der Waals surface area contributed by atoms with Crippen molar-refractivity contribution < 1.29 is 9.47 Å². The zero-order valence-corrected chi connectivity index (χ0v) is 16.6. The number of nitrogens with zero attached hydrogens (tertiary/aromatic N) is 1. The molecule has 0 amide bonds. The number of hydrogen-bond donors (Lipinski definition) is 2. The molecule has 1 aromatic carbocycles. The fourth-order valence-corrected chi connectivity index (χ4v) is 2.97. The second-order valence-electron chi connectivity index (χ2n) is 7.41. The molecular weight excluding hydrogens is 326 g/mol. The van der Waals surface area contributed by atoms with Gasteiger partial charge in [0, 0.05) is 38.3 Å². The van der Waals surface area contributed by atoms with Gasteiger partial charge in [0.15, 0.2) is 5.96 Å². The minimum atomic E-state index is 0.00970. The number of benzene rings is 1. The highest BCUT2D eigenvalue weighted by Crippen LogP contribution is 2.22. The lowest BCUT2D eigenvalue weighted by atomic mass is 9.85. The van der Waals surface area contributed by atoms with E-state index in [0.29, 0.717) is 6.10 Å². The molecule has 0 bridgehead atoms. The minimum absolute atomic E-state index is 0.00970. The quantitative estimate of drug-likeness (QED) is 0.403. The maximum Gasteiger partial charge on any atom is 0.191 e. The van der Waals surface area contributed by atoms with Gasteiger partial charge in [-0.05, 0) is 31.7 Å². The van der Waals surface area contributed by atoms with Crippen molar-refractivity contribution >= 4 is 5.96 Å². The SMILES string of the molecule is CCNC(=NCC(C)(C)c1ccccc1)NCCCOC1CCOCC1. The molecule has 2 rings (SSSR count). The average Bonchev–Trinajstić information content (AvgIpc) is 2.67. The molecule has 1 heterocycles. The van der Waals surface area contributed by atoms with Crippen LogP contribution in [0.5, 0.6) is 0 Å². The van der Waals surface area contributed by atoms with Gasteiger partial charge in [-0.2, -0.15) is 0 Å². The van der Waals surface area contributed by atoms with Crippen LogP contribution in [0.25, 0.3) is 0 Å². The molecular formula is C21H35N3O2. The van der Waals surface area contributed by atoms with Gasteiger partial charge in [0.1, 0.15) is 0 Å². The van der Waals surface area contributed by atoms with Gasteiger partial charge in [0.2, 0.25) is 0 Å². The molecule has 1 fully saturated rings. The van der Waals surface area contributed by atoms with E-state index in [-0.39, 0.29) is 5.41 Å². The van der Waals surface area contributed by atoms with E-state index in [2.05, 4.69) is 61.7 Å². The first-order chi connectivity index (χ1) is 12.6. The Labute approximate surface area is 158 Å². The second-order valence-corrected chi connectivity index (χ2v) is 7.41. The van der Waals surface area contributed by atoms with Crippen molar-refractivity contribution in [2.75, 3.05) is 39.5 Å². The maximum atomic E-state index is 5.92. The third kappa shape index (κ3) is 7.34. The molecule has 1 aromatic rings. The molecule has 1 aliphatic rings. The molecule has 146 valence electrons. The van der Waals surface area contributed by atoms with Crippen LogP contribution in [0.4, 0.5) is 0 Å². The Morgan fingerprint density at radius 2 is 1.92 bits per heavy atom. The monoisotopic (exact) mass is 361 g/mol. The van der Waals surface area contributed by atoms with Gasteiger partial charge >= 0.3 is 0 Å². The summed E-state index contributed by atoms with van der Waals surface area (Å²) in [6.45, 7) is 11.5. The molecule has 0 radical (unpaired) electrons. The lowest BCUT2D eigenvalue weighted by molar-refractivity contribution is -0.0320. The van der Waals surface area contributed by atoms with Crippen molar-refractivity contribution in [3.63, 3.8) is 0 Å². The number of ether oxygens (including phenoxy) is 2. The van der Waals surface area contributed by atoms with E-state index in [9.17, 15) is 0 Å². The Kier molecular flexibility index (Phi) is 8.92. The van der Waals surface area contributed by atoms with Crippen molar-refractivity contribution in [3.8, 4) is 0 Å². The average molecular weight is 362 g/mol. The third-order valence-electron chi connectivity index (χ3n) is 4.67. The molecule has 0 aliphatic carbocycles. The zero-order chi connectivity index (χ0) is 18.7. The number of nitrogens with one attached hydrogen (secondary N) is 2. The number of guanidine groups is 1. The van der Waals surface area contributed by atoms with E-state index < -0.39 is 0 Å². The lowest BCUT2D eigenvalue weighted by Crippen LogP contribution is -2.39. The van der Waals surface area contributed by atoms with Crippen LogP contribution in [0.15, 0.2) is 35.3 Å². The fourth-order valence-electron chi connectivity index (χ4n) is 2.97. The zero-order valence-electron chi connectivity index (χ0n) is 16.6. The molecule has 1 saturated heterocycles. The summed E-state index contributed by atoms with van der Waals surface area (Å²) in [4.78, 5) is 4.79. The van der Waals surface area contributed by atoms with E-state index in [1.807, 2.05) is 0 Å². The first-order valence-corrected chi connectivity index (χ1v) is 9.89. The molecule has 5 heteroatoms. The Hall–Kier alpha value is -1.59. The van der Waals surface area contributed by atoms with Gasteiger partial charge in [-0.25, -0.2) is 0 Å². The Balaban J connectivity index is 1.73. The van der Waals surface area contributed by atoms with Crippen molar-refractivity contribution in [2.24, 2.45) is 4.99 Å². The Bertz CT molecular complexity index is 525. The molecule has 0 spiro atoms. The van der Waals surface area contributed by atoms with Crippen LogP contribution in [0, 0.1) is 0 Å². The minimum Gasteiger partial charge on any atom is -0.381 e. The summed E-state index contributed by atoms with van der Waals surface area (Å²) < 4.78 is 11.3. The van der Waals surface area contributed by atoms with Crippen LogP contribution in [0.2, 0.25) is 0 Å². The Morgan fingerprint density at radius 3 is 2.62 bits per heavy atom. The van der Waals surface area contributed by atoms with Gasteiger partial charge in [-0.15, -0.1) is 0 Å². The summed E-state index contributed by atoms with van der Waals surface area (Å²) in [6.07, 6.45) is 3.39. The van der Waals surface area contributed by atoms with Crippen LogP contribution in [0.3, 0.4) is 0 Å². The first kappa shape index (κ1) is 20.7. The normalized spacial score (nSPS) is 16.5. The lowest BCUT2D eigenvalue weighted by Gasteiger charge is -2.24. The molecule has 0 aromatic heterocycles. The van der Waals surface area contributed by atoms with Crippen molar-refractivity contribution in [2.45, 2.75) is 51.6 Å². The van der Waals surface area contributed by atoms with Gasteiger partial charge in [0.05, 0.1) is 12.6 Å².